The van der Waals surface area contributed by atoms with Gasteiger partial charge in [-0.15, -0.1) is 0 Å². The van der Waals surface area contributed by atoms with E-state index in [-0.39, 0.29) is 23.7 Å². The number of benzene rings is 2. The van der Waals surface area contributed by atoms with Gasteiger partial charge in [0, 0.05) is 39.3 Å². The van der Waals surface area contributed by atoms with Crippen LogP contribution in [0.5, 0.6) is 5.75 Å². The van der Waals surface area contributed by atoms with E-state index in [4.69, 9.17) is 14.6 Å². The topological polar surface area (TPSA) is 133 Å². The van der Waals surface area contributed by atoms with Crippen molar-refractivity contribution < 1.29 is 44.6 Å². The van der Waals surface area contributed by atoms with E-state index < -0.39 is 32.2 Å². The van der Waals surface area contributed by atoms with E-state index in [9.17, 15) is 30.0 Å². The molecular weight excluding hydrogens is 539 g/mol. The van der Waals surface area contributed by atoms with Crippen LogP contribution in [-0.4, -0.2) is 88.3 Å². The minimum atomic E-state index is -5.08. The first kappa shape index (κ1) is 30.5. The van der Waals surface area contributed by atoms with Crippen molar-refractivity contribution in [1.29, 1.82) is 0 Å². The van der Waals surface area contributed by atoms with E-state index >= 15 is 0 Å². The van der Waals surface area contributed by atoms with Crippen LogP contribution in [0.3, 0.4) is 0 Å². The molecule has 0 aromatic heterocycles. The van der Waals surface area contributed by atoms with E-state index in [1.54, 1.807) is 42.5 Å². The number of aliphatic carboxylic acids is 1. The third-order valence-electron chi connectivity index (χ3n) is 5.18. The smallest absolute Gasteiger partial charge is 0.490 e. The van der Waals surface area contributed by atoms with Crippen LogP contribution in [0.25, 0.3) is 0 Å². The average molecular weight is 568 g/mol. The lowest BCUT2D eigenvalue weighted by atomic mass is 10.2. The summed E-state index contributed by atoms with van der Waals surface area (Å²) in [5.41, 5.74) is 0.716. The maximum Gasteiger partial charge on any atom is 0.490 e. The quantitative estimate of drug-likeness (QED) is 0.469. The first-order valence-corrected chi connectivity index (χ1v) is 14.0. The van der Waals surface area contributed by atoms with Crippen molar-refractivity contribution in [1.82, 2.24) is 13.9 Å². The second-order valence-corrected chi connectivity index (χ2v) is 11.8. The highest BCUT2D eigenvalue weighted by Gasteiger charge is 2.38. The third kappa shape index (κ3) is 9.27. The van der Waals surface area contributed by atoms with Gasteiger partial charge in [0.15, 0.2) is 0 Å². The summed E-state index contributed by atoms with van der Waals surface area (Å²) in [5.74, 6) is -2.42. The number of hydrogen-bond acceptors (Lipinski definition) is 7. The van der Waals surface area contributed by atoms with E-state index in [0.29, 0.717) is 37.5 Å². The maximum atomic E-state index is 13.3. The number of nitrogens with one attached hydrogen (secondary N) is 1. The molecule has 0 atom stereocenters. The Morgan fingerprint density at radius 3 is 2.19 bits per heavy atom. The Morgan fingerprint density at radius 1 is 1.05 bits per heavy atom. The molecule has 206 valence electrons. The molecule has 0 spiro atoms. The molecule has 0 amide bonds. The first-order valence-electron chi connectivity index (χ1n) is 10.9. The predicted octanol–water partition coefficient (Wildman–Crippen LogP) is 1.75. The minimum Gasteiger partial charge on any atom is -0.497 e. The van der Waals surface area contributed by atoms with Crippen molar-refractivity contribution in [2.24, 2.45) is 0 Å². The van der Waals surface area contributed by atoms with Gasteiger partial charge in [0.25, 0.3) is 0 Å². The number of carboxylic acids is 1. The van der Waals surface area contributed by atoms with E-state index in [1.807, 2.05) is 0 Å². The molecule has 1 aliphatic rings. The number of piperazine rings is 1. The maximum absolute atomic E-state index is 13.3. The molecule has 15 heteroatoms. The largest absolute Gasteiger partial charge is 0.497 e. The van der Waals surface area contributed by atoms with Gasteiger partial charge in [-0.3, -0.25) is 0 Å². The molecule has 0 radical (unpaired) electrons. The monoisotopic (exact) mass is 567 g/mol. The highest BCUT2D eigenvalue weighted by molar-refractivity contribution is 7.90. The summed E-state index contributed by atoms with van der Waals surface area (Å²) in [6.45, 7) is 1.88. The molecule has 0 unspecified atom stereocenters. The SMILES string of the molecule is COc1cccc(CN(CCS(=O)(=O)N2CCNCC2)S(=O)(=O)c2ccccc2)c1.O=C(O)C(F)(F)F. The molecule has 2 aromatic rings. The molecular formula is C22H28F3N3O7S2. The Balaban J connectivity index is 0.000000604. The van der Waals surface area contributed by atoms with Crippen molar-refractivity contribution in [2.75, 3.05) is 45.6 Å². The summed E-state index contributed by atoms with van der Waals surface area (Å²) in [7, 11) is -5.90. The normalized spacial score (nSPS) is 15.1. The number of carboxylic acid groups (broad SMARTS) is 1. The van der Waals surface area contributed by atoms with Crippen LogP contribution in [0.15, 0.2) is 59.5 Å². The second-order valence-electron chi connectivity index (χ2n) is 7.77. The number of rotatable bonds is 9. The Morgan fingerprint density at radius 2 is 1.65 bits per heavy atom. The van der Waals surface area contributed by atoms with E-state index in [1.165, 1.54) is 27.9 Å². The van der Waals surface area contributed by atoms with Gasteiger partial charge in [0.2, 0.25) is 20.0 Å². The van der Waals surface area contributed by atoms with Gasteiger partial charge in [-0.25, -0.2) is 21.6 Å². The number of carbonyl (C=O) groups is 1. The van der Waals surface area contributed by atoms with Crippen LogP contribution in [-0.2, 0) is 31.4 Å². The van der Waals surface area contributed by atoms with Gasteiger partial charge >= 0.3 is 12.1 Å². The first-order chi connectivity index (χ1) is 17.3. The van der Waals surface area contributed by atoms with Gasteiger partial charge < -0.3 is 15.2 Å². The zero-order valence-corrected chi connectivity index (χ0v) is 21.5. The summed E-state index contributed by atoms with van der Waals surface area (Å²) in [5, 5.41) is 10.2. The molecule has 1 aliphatic heterocycles. The van der Waals surface area contributed by atoms with Crippen molar-refractivity contribution >= 4 is 26.0 Å². The number of alkyl halides is 3. The molecule has 0 saturated carbocycles. The lowest BCUT2D eigenvalue weighted by molar-refractivity contribution is -0.192. The summed E-state index contributed by atoms with van der Waals surface area (Å²) >= 11 is 0. The lowest BCUT2D eigenvalue weighted by Crippen LogP contribution is -2.48. The molecule has 0 aliphatic carbocycles. The number of sulfonamides is 2. The Labute approximate surface area is 213 Å². The number of nitrogens with zero attached hydrogens (tertiary/aromatic N) is 2. The average Bonchev–Trinajstić information content (AvgIpc) is 2.87. The van der Waals surface area contributed by atoms with Gasteiger partial charge in [0.1, 0.15) is 5.75 Å². The molecule has 0 bridgehead atoms. The molecule has 1 fully saturated rings. The molecule has 2 N–H and O–H groups in total. The molecule has 10 nitrogen and oxygen atoms in total. The van der Waals surface area contributed by atoms with Gasteiger partial charge in [0.05, 0.1) is 17.8 Å². The van der Waals surface area contributed by atoms with Gasteiger partial charge in [-0.05, 0) is 29.8 Å². The number of hydrogen-bond donors (Lipinski definition) is 2. The standard InChI is InChI=1S/C20H27N3O5S2.C2HF3O2/c1-28-19-7-5-6-18(16-19)17-23(30(26,27)20-8-3-2-4-9-20)14-15-29(24,25)22-12-10-21-11-13-22;3-2(4,5)1(6)7/h2-9,16,21H,10-15,17H2,1H3;(H,6,7). The second kappa shape index (κ2) is 13.2. The third-order valence-corrected chi connectivity index (χ3v) is 8.89. The highest BCUT2D eigenvalue weighted by Crippen LogP contribution is 2.21. The van der Waals surface area contributed by atoms with Gasteiger partial charge in [-0.1, -0.05) is 30.3 Å². The van der Waals surface area contributed by atoms with Crippen molar-refractivity contribution in [2.45, 2.75) is 17.6 Å². The summed E-state index contributed by atoms with van der Waals surface area (Å²) in [4.78, 5) is 9.03. The zero-order valence-electron chi connectivity index (χ0n) is 19.9. The molecule has 37 heavy (non-hydrogen) atoms. The van der Waals surface area contributed by atoms with E-state index in [2.05, 4.69) is 5.32 Å². The van der Waals surface area contributed by atoms with E-state index in [0.717, 1.165) is 0 Å². The molecule has 3 rings (SSSR count). The summed E-state index contributed by atoms with van der Waals surface area (Å²) in [6.07, 6.45) is -5.08. The predicted molar refractivity (Wildman–Crippen MR) is 129 cm³/mol. The van der Waals surface area contributed by atoms with Crippen molar-refractivity contribution in [3.8, 4) is 5.75 Å². The molecule has 1 saturated heterocycles. The minimum absolute atomic E-state index is 0.0471. The van der Waals surface area contributed by atoms with Crippen LogP contribution >= 0.6 is 0 Å². The fourth-order valence-electron chi connectivity index (χ4n) is 3.27. The highest BCUT2D eigenvalue weighted by atomic mass is 32.2. The van der Waals surface area contributed by atoms with Crippen LogP contribution in [0.2, 0.25) is 0 Å². The molecule has 1 heterocycles. The summed E-state index contributed by atoms with van der Waals surface area (Å²) < 4.78 is 91.6. The van der Waals surface area contributed by atoms with Crippen LogP contribution in [0.1, 0.15) is 5.56 Å². The van der Waals surface area contributed by atoms with Crippen molar-refractivity contribution in [3.63, 3.8) is 0 Å². The van der Waals surface area contributed by atoms with Crippen LogP contribution < -0.4 is 10.1 Å². The van der Waals surface area contributed by atoms with Crippen molar-refractivity contribution in [3.05, 3.63) is 60.2 Å². The van der Waals surface area contributed by atoms with Crippen LogP contribution in [0, 0.1) is 0 Å². The fraction of sp³-hybridized carbons (Fsp3) is 0.409. The Kier molecular flexibility index (Phi) is 10.9. The Bertz CT molecular complexity index is 1240. The molecule has 2 aromatic carbocycles. The van der Waals surface area contributed by atoms with Crippen LogP contribution in [0.4, 0.5) is 13.2 Å². The number of ether oxygens (including phenoxy) is 1. The number of halogens is 3. The van der Waals surface area contributed by atoms with Gasteiger partial charge in [-0.2, -0.15) is 21.8 Å². The lowest BCUT2D eigenvalue weighted by Gasteiger charge is -2.28. The fourth-order valence-corrected chi connectivity index (χ4v) is 6.28. The zero-order chi connectivity index (χ0) is 27.7. The Hall–Kier alpha value is -2.72. The summed E-state index contributed by atoms with van der Waals surface area (Å²) in [6, 6.07) is 15.1. The number of methoxy groups -OCH3 is 1.